The molecule has 3 aromatic heterocycles. The Morgan fingerprint density at radius 2 is 2.21 bits per heavy atom. The van der Waals surface area contributed by atoms with Crippen LogP contribution < -0.4 is 5.32 Å². The van der Waals surface area contributed by atoms with Crippen molar-refractivity contribution < 1.29 is 13.6 Å². The van der Waals surface area contributed by atoms with Gasteiger partial charge in [-0.15, -0.1) is 0 Å². The summed E-state index contributed by atoms with van der Waals surface area (Å²) in [6.45, 7) is 0. The molecule has 0 bridgehead atoms. The van der Waals surface area contributed by atoms with E-state index < -0.39 is 5.95 Å². The van der Waals surface area contributed by atoms with Gasteiger partial charge in [0.25, 0.3) is 5.91 Å². The summed E-state index contributed by atoms with van der Waals surface area (Å²) >= 11 is 6.14. The first-order chi connectivity index (χ1) is 11.6. The van der Waals surface area contributed by atoms with Crippen LogP contribution in [-0.2, 0) is 4.79 Å². The molecular weight excluding hydrogens is 349 g/mol. The van der Waals surface area contributed by atoms with Crippen LogP contribution in [0.5, 0.6) is 0 Å². The van der Waals surface area contributed by atoms with E-state index in [1.165, 1.54) is 24.0 Å². The van der Waals surface area contributed by atoms with Crippen LogP contribution in [0.25, 0.3) is 28.2 Å². The Morgan fingerprint density at radius 3 is 2.96 bits per heavy atom. The molecule has 118 valence electrons. The van der Waals surface area contributed by atoms with Gasteiger partial charge >= 0.3 is 0 Å². The number of thiocarbonyl (C=S) groups is 1. The van der Waals surface area contributed by atoms with Crippen LogP contribution in [0.15, 0.2) is 46.1 Å². The van der Waals surface area contributed by atoms with Crippen molar-refractivity contribution in [2.75, 3.05) is 0 Å². The molecule has 1 aliphatic heterocycles. The number of halogens is 1. The molecule has 1 aliphatic rings. The Kier molecular flexibility index (Phi) is 3.62. The summed E-state index contributed by atoms with van der Waals surface area (Å²) in [6, 6.07) is 4.76. The van der Waals surface area contributed by atoms with Crippen LogP contribution in [0.1, 0.15) is 5.76 Å². The zero-order valence-electron chi connectivity index (χ0n) is 11.9. The number of rotatable bonds is 2. The van der Waals surface area contributed by atoms with Gasteiger partial charge in [0, 0.05) is 41.7 Å². The van der Waals surface area contributed by atoms with Crippen LogP contribution in [0.4, 0.5) is 4.39 Å². The molecule has 0 atom stereocenters. The highest BCUT2D eigenvalue weighted by Gasteiger charge is 2.22. The highest BCUT2D eigenvalue weighted by Crippen LogP contribution is 2.32. The van der Waals surface area contributed by atoms with Gasteiger partial charge in [-0.25, -0.2) is 4.98 Å². The van der Waals surface area contributed by atoms with Gasteiger partial charge in [-0.1, -0.05) is 24.0 Å². The average Bonchev–Trinajstić information content (AvgIpc) is 3.09. The summed E-state index contributed by atoms with van der Waals surface area (Å²) in [6.07, 6.45) is 6.25. The van der Waals surface area contributed by atoms with Crippen molar-refractivity contribution in [3.05, 3.63) is 53.4 Å². The molecule has 0 radical (unpaired) electrons. The highest BCUT2D eigenvalue weighted by atomic mass is 32.2. The number of hydrogen-bond donors (Lipinski definition) is 1. The quantitative estimate of drug-likeness (QED) is 0.430. The predicted molar refractivity (Wildman–Crippen MR) is 93.5 cm³/mol. The molecule has 24 heavy (non-hydrogen) atoms. The molecule has 0 spiro atoms. The summed E-state index contributed by atoms with van der Waals surface area (Å²) < 4.78 is 19.6. The van der Waals surface area contributed by atoms with E-state index in [1.54, 1.807) is 30.6 Å². The van der Waals surface area contributed by atoms with E-state index in [-0.39, 0.29) is 5.91 Å². The average molecular weight is 357 g/mol. The first kappa shape index (κ1) is 15.0. The molecule has 4 rings (SSSR count). The van der Waals surface area contributed by atoms with E-state index in [4.69, 9.17) is 16.6 Å². The third-order valence-electron chi connectivity index (χ3n) is 3.39. The molecule has 1 N–H and O–H groups in total. The van der Waals surface area contributed by atoms with Crippen molar-refractivity contribution in [1.82, 2.24) is 15.3 Å². The summed E-state index contributed by atoms with van der Waals surface area (Å²) in [4.78, 5) is 19.9. The minimum atomic E-state index is -0.578. The number of fused-ring (bicyclic) bond motifs is 1. The van der Waals surface area contributed by atoms with E-state index in [1.807, 2.05) is 0 Å². The second kappa shape index (κ2) is 5.81. The molecule has 0 unspecified atom stereocenters. The third-order valence-corrected chi connectivity index (χ3v) is 4.56. The molecule has 3 aromatic rings. The number of pyridine rings is 2. The van der Waals surface area contributed by atoms with E-state index in [2.05, 4.69) is 15.3 Å². The van der Waals surface area contributed by atoms with Crippen molar-refractivity contribution in [2.24, 2.45) is 0 Å². The Bertz CT molecular complexity index is 1030. The standard InChI is InChI=1S/C16H8FN3O2S2/c17-13-4-8(1-2-19-13)11-7-18-6-9-3-10(22-14(9)11)5-12-15(21)20-16(23)24-12/h1-7H,(H,20,21,23)/b12-5-. The molecule has 4 heterocycles. The van der Waals surface area contributed by atoms with Gasteiger partial charge in [0.1, 0.15) is 15.7 Å². The van der Waals surface area contributed by atoms with Gasteiger partial charge in [-0.3, -0.25) is 9.78 Å². The lowest BCUT2D eigenvalue weighted by Crippen LogP contribution is -2.17. The Morgan fingerprint density at radius 1 is 1.33 bits per heavy atom. The third kappa shape index (κ3) is 2.70. The molecule has 1 fully saturated rings. The first-order valence-corrected chi connectivity index (χ1v) is 8.07. The zero-order valence-corrected chi connectivity index (χ0v) is 13.6. The monoisotopic (exact) mass is 357 g/mol. The first-order valence-electron chi connectivity index (χ1n) is 6.84. The van der Waals surface area contributed by atoms with Crippen molar-refractivity contribution >= 4 is 51.3 Å². The van der Waals surface area contributed by atoms with E-state index in [9.17, 15) is 9.18 Å². The summed E-state index contributed by atoms with van der Waals surface area (Å²) in [7, 11) is 0. The minimum absolute atomic E-state index is 0.250. The molecule has 5 nitrogen and oxygen atoms in total. The van der Waals surface area contributed by atoms with Crippen LogP contribution in [0.3, 0.4) is 0 Å². The van der Waals surface area contributed by atoms with Crippen molar-refractivity contribution in [2.45, 2.75) is 0 Å². The van der Waals surface area contributed by atoms with Gasteiger partial charge in [-0.2, -0.15) is 4.39 Å². The number of nitrogens with one attached hydrogen (secondary N) is 1. The minimum Gasteiger partial charge on any atom is -0.456 e. The fourth-order valence-corrected chi connectivity index (χ4v) is 3.40. The molecule has 1 saturated heterocycles. The van der Waals surface area contributed by atoms with Crippen LogP contribution in [0, 0.1) is 5.95 Å². The number of furan rings is 1. The fraction of sp³-hybridized carbons (Fsp3) is 0. The second-order valence-electron chi connectivity index (χ2n) is 4.97. The Hall–Kier alpha value is -2.58. The number of carbonyl (C=O) groups is 1. The van der Waals surface area contributed by atoms with E-state index in [0.717, 1.165) is 5.39 Å². The zero-order chi connectivity index (χ0) is 16.7. The van der Waals surface area contributed by atoms with Crippen LogP contribution in [0.2, 0.25) is 0 Å². The molecule has 0 aliphatic carbocycles. The van der Waals surface area contributed by atoms with Crippen LogP contribution in [-0.4, -0.2) is 20.2 Å². The lowest BCUT2D eigenvalue weighted by molar-refractivity contribution is -0.115. The Labute approximate surface area is 145 Å². The summed E-state index contributed by atoms with van der Waals surface area (Å²) in [5.41, 5.74) is 1.83. The maximum atomic E-state index is 13.4. The van der Waals surface area contributed by atoms with Gasteiger partial charge in [0.05, 0.1) is 4.91 Å². The smallest absolute Gasteiger partial charge is 0.263 e. The normalized spacial score (nSPS) is 16.1. The number of aromatic nitrogens is 2. The second-order valence-corrected chi connectivity index (χ2v) is 6.69. The fourth-order valence-electron chi connectivity index (χ4n) is 2.38. The summed E-state index contributed by atoms with van der Waals surface area (Å²) in [5, 5.41) is 3.30. The van der Waals surface area contributed by atoms with E-state index in [0.29, 0.717) is 31.7 Å². The maximum Gasteiger partial charge on any atom is 0.263 e. The molecule has 0 saturated carbocycles. The van der Waals surface area contributed by atoms with Gasteiger partial charge in [0.15, 0.2) is 0 Å². The van der Waals surface area contributed by atoms with Crippen molar-refractivity contribution in [3.63, 3.8) is 0 Å². The van der Waals surface area contributed by atoms with Gasteiger partial charge in [-0.05, 0) is 17.7 Å². The summed E-state index contributed by atoms with van der Waals surface area (Å²) in [5.74, 6) is -0.331. The van der Waals surface area contributed by atoms with Gasteiger partial charge < -0.3 is 9.73 Å². The number of nitrogens with zero attached hydrogens (tertiary/aromatic N) is 2. The highest BCUT2D eigenvalue weighted by molar-refractivity contribution is 8.26. The van der Waals surface area contributed by atoms with Crippen molar-refractivity contribution in [3.8, 4) is 11.1 Å². The molecule has 1 amide bonds. The lowest BCUT2D eigenvalue weighted by atomic mass is 10.1. The Balaban J connectivity index is 1.82. The molecule has 0 aromatic carbocycles. The maximum absolute atomic E-state index is 13.4. The number of amides is 1. The number of hydrogen-bond acceptors (Lipinski definition) is 6. The van der Waals surface area contributed by atoms with Crippen LogP contribution >= 0.6 is 24.0 Å². The number of carbonyl (C=O) groups excluding carboxylic acids is 1. The predicted octanol–water partition coefficient (Wildman–Crippen LogP) is 3.52. The largest absolute Gasteiger partial charge is 0.456 e. The number of thioether (sulfide) groups is 1. The lowest BCUT2D eigenvalue weighted by Gasteiger charge is -2.01. The van der Waals surface area contributed by atoms with Gasteiger partial charge in [0.2, 0.25) is 5.95 Å². The topological polar surface area (TPSA) is 68.0 Å². The van der Waals surface area contributed by atoms with E-state index >= 15 is 0 Å². The molecule has 8 heteroatoms. The SMILES string of the molecule is O=C1NC(=S)S/C1=C\c1cc2cncc(-c3ccnc(F)c3)c2o1. The molecular formula is C16H8FN3O2S2. The van der Waals surface area contributed by atoms with Crippen molar-refractivity contribution in [1.29, 1.82) is 0 Å².